The average molecular weight is 305 g/mol. The Balaban J connectivity index is 2.64. The molecule has 5 heteroatoms. The standard InChI is InChI=1S/C17H27N3O2/c1-5-20(16(22)10-9-14(4)18)11-15(21)19-17-12(2)7-6-8-13(17)3/h6-8,14H,5,9-11,18H2,1-4H3,(H,19,21). The Labute approximate surface area is 132 Å². The summed E-state index contributed by atoms with van der Waals surface area (Å²) < 4.78 is 0. The summed E-state index contributed by atoms with van der Waals surface area (Å²) in [6.07, 6.45) is 1.01. The Morgan fingerprint density at radius 2 is 1.86 bits per heavy atom. The molecular formula is C17H27N3O2. The summed E-state index contributed by atoms with van der Waals surface area (Å²) in [6, 6.07) is 5.85. The van der Waals surface area contributed by atoms with Gasteiger partial charge in [0, 0.05) is 24.7 Å². The molecule has 2 amide bonds. The van der Waals surface area contributed by atoms with Gasteiger partial charge in [-0.25, -0.2) is 0 Å². The minimum atomic E-state index is -0.173. The Morgan fingerprint density at radius 1 is 1.27 bits per heavy atom. The SMILES string of the molecule is CCN(CC(=O)Nc1c(C)cccc1C)C(=O)CCC(C)N. The molecule has 22 heavy (non-hydrogen) atoms. The van der Waals surface area contributed by atoms with Crippen molar-refractivity contribution in [3.63, 3.8) is 0 Å². The van der Waals surface area contributed by atoms with Crippen LogP contribution in [0.3, 0.4) is 0 Å². The first-order chi connectivity index (χ1) is 10.3. The molecule has 0 radical (unpaired) electrons. The Hall–Kier alpha value is -1.88. The highest BCUT2D eigenvalue weighted by Gasteiger charge is 2.16. The molecular weight excluding hydrogens is 278 g/mol. The van der Waals surface area contributed by atoms with E-state index in [0.717, 1.165) is 16.8 Å². The van der Waals surface area contributed by atoms with Gasteiger partial charge in [0.25, 0.3) is 0 Å². The number of carbonyl (C=O) groups excluding carboxylic acids is 2. The van der Waals surface area contributed by atoms with Gasteiger partial charge in [0.15, 0.2) is 0 Å². The largest absolute Gasteiger partial charge is 0.334 e. The van der Waals surface area contributed by atoms with Crippen LogP contribution >= 0.6 is 0 Å². The molecule has 1 aromatic carbocycles. The number of anilines is 1. The normalized spacial score (nSPS) is 11.9. The molecule has 1 rings (SSSR count). The van der Waals surface area contributed by atoms with E-state index in [4.69, 9.17) is 5.73 Å². The van der Waals surface area contributed by atoms with Crippen LogP contribution in [0.5, 0.6) is 0 Å². The maximum Gasteiger partial charge on any atom is 0.244 e. The zero-order chi connectivity index (χ0) is 16.7. The molecule has 0 spiro atoms. The highest BCUT2D eigenvalue weighted by atomic mass is 16.2. The van der Waals surface area contributed by atoms with E-state index in [2.05, 4.69) is 5.32 Å². The summed E-state index contributed by atoms with van der Waals surface area (Å²) in [6.45, 7) is 8.23. The number of nitrogens with one attached hydrogen (secondary N) is 1. The first-order valence-corrected chi connectivity index (χ1v) is 7.74. The number of hydrogen-bond donors (Lipinski definition) is 2. The quantitative estimate of drug-likeness (QED) is 0.811. The maximum absolute atomic E-state index is 12.2. The van der Waals surface area contributed by atoms with Gasteiger partial charge in [-0.3, -0.25) is 9.59 Å². The summed E-state index contributed by atoms with van der Waals surface area (Å²) >= 11 is 0. The molecule has 122 valence electrons. The van der Waals surface area contributed by atoms with Crippen LogP contribution in [0.4, 0.5) is 5.69 Å². The Bertz CT molecular complexity index is 506. The van der Waals surface area contributed by atoms with E-state index in [0.29, 0.717) is 19.4 Å². The minimum Gasteiger partial charge on any atom is -0.334 e. The zero-order valence-corrected chi connectivity index (χ0v) is 14.0. The molecule has 0 aliphatic rings. The number of para-hydroxylation sites is 1. The van der Waals surface area contributed by atoms with Crippen LogP contribution < -0.4 is 11.1 Å². The fourth-order valence-electron chi connectivity index (χ4n) is 2.25. The molecule has 0 aromatic heterocycles. The van der Waals surface area contributed by atoms with Crippen molar-refractivity contribution in [1.29, 1.82) is 0 Å². The molecule has 0 saturated heterocycles. The molecule has 1 aromatic rings. The summed E-state index contributed by atoms with van der Waals surface area (Å²) in [5.41, 5.74) is 8.52. The molecule has 0 heterocycles. The number of likely N-dealkylation sites (N-methyl/N-ethyl adjacent to an activating group) is 1. The number of rotatable bonds is 7. The molecule has 3 N–H and O–H groups in total. The molecule has 1 atom stereocenters. The van der Waals surface area contributed by atoms with Gasteiger partial charge in [0.05, 0.1) is 6.54 Å². The van der Waals surface area contributed by atoms with Gasteiger partial charge in [0.1, 0.15) is 0 Å². The van der Waals surface area contributed by atoms with Gasteiger partial charge in [-0.2, -0.15) is 0 Å². The van der Waals surface area contributed by atoms with Gasteiger partial charge in [-0.1, -0.05) is 18.2 Å². The Kier molecular flexibility index (Phi) is 7.05. The fraction of sp³-hybridized carbons (Fsp3) is 0.529. The van der Waals surface area contributed by atoms with Gasteiger partial charge in [-0.15, -0.1) is 0 Å². The summed E-state index contributed by atoms with van der Waals surface area (Å²) in [7, 11) is 0. The second-order valence-electron chi connectivity index (χ2n) is 5.74. The summed E-state index contributed by atoms with van der Waals surface area (Å²) in [5, 5.41) is 2.91. The van der Waals surface area contributed by atoms with Crippen LogP contribution in [0.2, 0.25) is 0 Å². The van der Waals surface area contributed by atoms with Crippen molar-refractivity contribution in [2.75, 3.05) is 18.4 Å². The topological polar surface area (TPSA) is 75.4 Å². The number of nitrogens with zero attached hydrogens (tertiary/aromatic N) is 1. The fourth-order valence-corrected chi connectivity index (χ4v) is 2.25. The molecule has 0 bridgehead atoms. The lowest BCUT2D eigenvalue weighted by Gasteiger charge is -2.21. The first-order valence-electron chi connectivity index (χ1n) is 7.74. The van der Waals surface area contributed by atoms with E-state index < -0.39 is 0 Å². The highest BCUT2D eigenvalue weighted by molar-refractivity contribution is 5.95. The van der Waals surface area contributed by atoms with Crippen LogP contribution in [0.15, 0.2) is 18.2 Å². The number of nitrogens with two attached hydrogens (primary N) is 1. The Morgan fingerprint density at radius 3 is 2.36 bits per heavy atom. The van der Waals surface area contributed by atoms with E-state index in [1.807, 2.05) is 45.9 Å². The number of aryl methyl sites for hydroxylation is 2. The average Bonchev–Trinajstić information content (AvgIpc) is 2.46. The predicted octanol–water partition coefficient (Wildman–Crippen LogP) is 2.22. The van der Waals surface area contributed by atoms with Crippen LogP contribution in [-0.2, 0) is 9.59 Å². The van der Waals surface area contributed by atoms with Crippen LogP contribution in [0, 0.1) is 13.8 Å². The summed E-state index contributed by atoms with van der Waals surface area (Å²) in [5.74, 6) is -0.204. The predicted molar refractivity (Wildman–Crippen MR) is 89.7 cm³/mol. The zero-order valence-electron chi connectivity index (χ0n) is 14.0. The van der Waals surface area contributed by atoms with E-state index in [1.165, 1.54) is 0 Å². The van der Waals surface area contributed by atoms with E-state index in [9.17, 15) is 9.59 Å². The first kappa shape index (κ1) is 18.2. The van der Waals surface area contributed by atoms with Crippen molar-refractivity contribution in [3.05, 3.63) is 29.3 Å². The van der Waals surface area contributed by atoms with Crippen molar-refractivity contribution in [1.82, 2.24) is 4.90 Å². The lowest BCUT2D eigenvalue weighted by molar-refractivity contribution is -0.134. The molecule has 0 aliphatic carbocycles. The third-order valence-electron chi connectivity index (χ3n) is 3.63. The minimum absolute atomic E-state index is 0.00824. The molecule has 0 fully saturated rings. The van der Waals surface area contributed by atoms with Crippen molar-refractivity contribution in [2.24, 2.45) is 5.73 Å². The molecule has 0 saturated carbocycles. The monoisotopic (exact) mass is 305 g/mol. The number of carbonyl (C=O) groups is 2. The van der Waals surface area contributed by atoms with Crippen LogP contribution in [-0.4, -0.2) is 35.8 Å². The van der Waals surface area contributed by atoms with E-state index in [-0.39, 0.29) is 24.4 Å². The third-order valence-corrected chi connectivity index (χ3v) is 3.63. The van der Waals surface area contributed by atoms with Gasteiger partial charge in [-0.05, 0) is 45.2 Å². The van der Waals surface area contributed by atoms with E-state index >= 15 is 0 Å². The number of hydrogen-bond acceptors (Lipinski definition) is 3. The van der Waals surface area contributed by atoms with Crippen molar-refractivity contribution in [3.8, 4) is 0 Å². The van der Waals surface area contributed by atoms with Crippen molar-refractivity contribution in [2.45, 2.75) is 46.6 Å². The van der Waals surface area contributed by atoms with Gasteiger partial charge < -0.3 is 16.0 Å². The lowest BCUT2D eigenvalue weighted by atomic mass is 10.1. The highest BCUT2D eigenvalue weighted by Crippen LogP contribution is 2.19. The van der Waals surface area contributed by atoms with Gasteiger partial charge in [0.2, 0.25) is 11.8 Å². The smallest absolute Gasteiger partial charge is 0.244 e. The number of benzene rings is 1. The summed E-state index contributed by atoms with van der Waals surface area (Å²) in [4.78, 5) is 25.9. The van der Waals surface area contributed by atoms with Crippen molar-refractivity contribution < 1.29 is 9.59 Å². The van der Waals surface area contributed by atoms with E-state index in [1.54, 1.807) is 4.90 Å². The molecule has 5 nitrogen and oxygen atoms in total. The molecule has 0 aliphatic heterocycles. The maximum atomic E-state index is 12.2. The second kappa shape index (κ2) is 8.54. The van der Waals surface area contributed by atoms with Gasteiger partial charge >= 0.3 is 0 Å². The number of amides is 2. The lowest BCUT2D eigenvalue weighted by Crippen LogP contribution is -2.38. The third kappa shape index (κ3) is 5.48. The van der Waals surface area contributed by atoms with Crippen LogP contribution in [0.25, 0.3) is 0 Å². The van der Waals surface area contributed by atoms with Crippen molar-refractivity contribution >= 4 is 17.5 Å². The van der Waals surface area contributed by atoms with Crippen LogP contribution in [0.1, 0.15) is 37.8 Å². The molecule has 1 unspecified atom stereocenters. The second-order valence-corrected chi connectivity index (χ2v) is 5.74.